The Bertz CT molecular complexity index is 230. The highest BCUT2D eigenvalue weighted by Gasteiger charge is 1.90. The third kappa shape index (κ3) is 23.4. The summed E-state index contributed by atoms with van der Waals surface area (Å²) >= 11 is 3.81. The van der Waals surface area contributed by atoms with Gasteiger partial charge in [0.05, 0.1) is 0 Å². The highest BCUT2D eigenvalue weighted by atomic mass is 32.2. The molecule has 0 atom stereocenters. The zero-order chi connectivity index (χ0) is 12.5. The summed E-state index contributed by atoms with van der Waals surface area (Å²) in [6.45, 7) is 0. The molecule has 0 rings (SSSR count). The van der Waals surface area contributed by atoms with Crippen molar-refractivity contribution in [1.29, 1.82) is 15.8 Å². The molecule has 0 aliphatic heterocycles. The lowest BCUT2D eigenvalue weighted by Gasteiger charge is -1.96. The van der Waals surface area contributed by atoms with Crippen molar-refractivity contribution in [2.75, 3.05) is 17.8 Å². The van der Waals surface area contributed by atoms with E-state index in [4.69, 9.17) is 15.8 Å². The van der Waals surface area contributed by atoms with Gasteiger partial charge in [-0.15, -0.1) is 0 Å². The molecular weight excluding hydrogens is 258 g/mol. The fourth-order valence-corrected chi connectivity index (χ4v) is 1.67. The van der Waals surface area contributed by atoms with Crippen molar-refractivity contribution in [1.82, 2.24) is 0 Å². The number of hydrogen-bond acceptors (Lipinski definition) is 6. The Morgan fingerprint density at radius 2 is 1.12 bits per heavy atom. The van der Waals surface area contributed by atoms with Gasteiger partial charge in [0.25, 0.3) is 0 Å². The van der Waals surface area contributed by atoms with Crippen molar-refractivity contribution in [3.63, 3.8) is 0 Å². The van der Waals surface area contributed by atoms with Gasteiger partial charge in [-0.3, -0.25) is 0 Å². The molecule has 0 amide bonds. The van der Waals surface area contributed by atoms with Gasteiger partial charge in [-0.25, -0.2) is 0 Å². The van der Waals surface area contributed by atoms with E-state index in [1.165, 1.54) is 36.4 Å². The van der Waals surface area contributed by atoms with Crippen LogP contribution >= 0.6 is 35.3 Å². The van der Waals surface area contributed by atoms with Crippen LogP contribution in [0.2, 0.25) is 0 Å². The molecule has 0 aromatic heterocycles. The summed E-state index contributed by atoms with van der Waals surface area (Å²) in [5.74, 6) is 1.89. The van der Waals surface area contributed by atoms with E-state index in [0.29, 0.717) is 0 Å². The third-order valence-electron chi connectivity index (χ3n) is 1.46. The molecule has 3 nitrogen and oxygen atoms in total. The van der Waals surface area contributed by atoms with Gasteiger partial charge in [0, 0.05) is 11.5 Å². The van der Waals surface area contributed by atoms with Crippen molar-refractivity contribution in [3.05, 3.63) is 0 Å². The highest BCUT2D eigenvalue weighted by Crippen LogP contribution is 2.08. The van der Waals surface area contributed by atoms with Gasteiger partial charge < -0.3 is 0 Å². The molecule has 0 spiro atoms. The number of hydrogen-bond donors (Lipinski definition) is 0. The Balaban J connectivity index is 0. The predicted octanol–water partition coefficient (Wildman–Crippen LogP) is 3.81. The molecule has 0 saturated heterocycles. The van der Waals surface area contributed by atoms with Crippen molar-refractivity contribution in [2.24, 2.45) is 0 Å². The van der Waals surface area contributed by atoms with Crippen LogP contribution in [0.3, 0.4) is 0 Å². The normalized spacial score (nSPS) is 7.88. The zero-order valence-electron chi connectivity index (χ0n) is 9.31. The predicted molar refractivity (Wildman–Crippen MR) is 73.7 cm³/mol. The molecule has 0 aromatic rings. The first-order chi connectivity index (χ1) is 7.83. The topological polar surface area (TPSA) is 71.4 Å². The summed E-state index contributed by atoms with van der Waals surface area (Å²) in [4.78, 5) is 0. The lowest BCUT2D eigenvalue weighted by atomic mass is 10.2. The Labute approximate surface area is 111 Å². The minimum absolute atomic E-state index is 0.946. The number of rotatable bonds is 7. The van der Waals surface area contributed by atoms with E-state index in [1.807, 2.05) is 16.2 Å². The smallest absolute Gasteiger partial charge is 0.133 e. The Morgan fingerprint density at radius 1 is 0.750 bits per heavy atom. The van der Waals surface area contributed by atoms with E-state index < -0.39 is 0 Å². The van der Waals surface area contributed by atoms with E-state index in [1.54, 1.807) is 6.26 Å². The molecule has 0 radical (unpaired) electrons. The number of thioether (sulfide) groups is 3. The number of nitriles is 3. The lowest BCUT2D eigenvalue weighted by molar-refractivity contribution is 0.712. The van der Waals surface area contributed by atoms with Crippen LogP contribution in [0.25, 0.3) is 0 Å². The Morgan fingerprint density at radius 3 is 1.38 bits per heavy atom. The van der Waals surface area contributed by atoms with Crippen LogP contribution in [-0.4, -0.2) is 17.8 Å². The van der Waals surface area contributed by atoms with Crippen LogP contribution in [0.1, 0.15) is 25.7 Å². The molecule has 0 unspecified atom stereocenters. The molecular formula is C10H15N3S3. The van der Waals surface area contributed by atoms with E-state index in [0.717, 1.165) is 36.1 Å². The summed E-state index contributed by atoms with van der Waals surface area (Å²) in [6.07, 6.45) is 6.34. The quantitative estimate of drug-likeness (QED) is 0.519. The molecule has 0 aliphatic rings. The second kappa shape index (κ2) is 20.0. The second-order valence-corrected chi connectivity index (χ2v) is 4.94. The maximum atomic E-state index is 8.21. The summed E-state index contributed by atoms with van der Waals surface area (Å²) in [7, 11) is 0. The van der Waals surface area contributed by atoms with Gasteiger partial charge in [0.15, 0.2) is 0 Å². The summed E-state index contributed by atoms with van der Waals surface area (Å²) in [5, 5.41) is 30.0. The van der Waals surface area contributed by atoms with Crippen LogP contribution in [0.15, 0.2) is 0 Å². The van der Waals surface area contributed by atoms with E-state index in [2.05, 4.69) is 0 Å². The molecule has 0 aromatic carbocycles. The van der Waals surface area contributed by atoms with E-state index >= 15 is 0 Å². The SMILES string of the molecule is CSC#N.N#CSCCCCCCSC#N. The van der Waals surface area contributed by atoms with Crippen molar-refractivity contribution >= 4 is 35.3 Å². The first-order valence-electron chi connectivity index (χ1n) is 4.77. The van der Waals surface area contributed by atoms with Gasteiger partial charge in [-0.1, -0.05) is 12.8 Å². The molecule has 16 heavy (non-hydrogen) atoms. The second-order valence-electron chi connectivity index (χ2n) is 2.59. The van der Waals surface area contributed by atoms with Gasteiger partial charge in [-0.05, 0) is 54.4 Å². The first kappa shape index (κ1) is 17.9. The van der Waals surface area contributed by atoms with Gasteiger partial charge in [-0.2, -0.15) is 15.8 Å². The fraction of sp³-hybridized carbons (Fsp3) is 0.700. The highest BCUT2D eigenvalue weighted by molar-refractivity contribution is 8.04. The molecule has 6 heteroatoms. The number of unbranched alkanes of at least 4 members (excludes halogenated alkanes) is 3. The Hall–Kier alpha value is -0.480. The van der Waals surface area contributed by atoms with Crippen LogP contribution in [-0.2, 0) is 0 Å². The van der Waals surface area contributed by atoms with Crippen molar-refractivity contribution < 1.29 is 0 Å². The van der Waals surface area contributed by atoms with E-state index in [-0.39, 0.29) is 0 Å². The third-order valence-corrected chi connectivity index (χ3v) is 2.89. The minimum Gasteiger partial charge on any atom is -0.185 e. The average molecular weight is 273 g/mol. The standard InChI is InChI=1S/C8H12N2S2.C2H3NS/c9-7-11-5-3-1-2-4-6-12-8-10;1-4-2-3/h1-6H2;1H3. The van der Waals surface area contributed by atoms with Crippen LogP contribution in [0.4, 0.5) is 0 Å². The fourth-order valence-electron chi connectivity index (χ4n) is 0.793. The zero-order valence-corrected chi connectivity index (χ0v) is 11.8. The van der Waals surface area contributed by atoms with Gasteiger partial charge >= 0.3 is 0 Å². The lowest BCUT2D eigenvalue weighted by Crippen LogP contribution is -1.82. The number of thiocyanates is 3. The maximum absolute atomic E-state index is 8.21. The van der Waals surface area contributed by atoms with Gasteiger partial charge in [0.2, 0.25) is 0 Å². The summed E-state index contributed by atoms with van der Waals surface area (Å²) in [5.41, 5.74) is 0. The molecule has 0 bridgehead atoms. The molecule has 0 aliphatic carbocycles. The molecule has 0 saturated carbocycles. The number of nitrogens with zero attached hydrogens (tertiary/aromatic N) is 3. The van der Waals surface area contributed by atoms with Crippen LogP contribution < -0.4 is 0 Å². The molecule has 0 fully saturated rings. The van der Waals surface area contributed by atoms with Crippen LogP contribution in [0, 0.1) is 32.0 Å². The largest absolute Gasteiger partial charge is 0.185 e. The average Bonchev–Trinajstić information content (AvgIpc) is 2.33. The molecule has 0 heterocycles. The summed E-state index contributed by atoms with van der Waals surface area (Å²) < 4.78 is 0. The van der Waals surface area contributed by atoms with Crippen LogP contribution in [0.5, 0.6) is 0 Å². The summed E-state index contributed by atoms with van der Waals surface area (Å²) in [6, 6.07) is 0. The van der Waals surface area contributed by atoms with Crippen molar-refractivity contribution in [2.45, 2.75) is 25.7 Å². The Kier molecular flexibility index (Phi) is 22.4. The van der Waals surface area contributed by atoms with Crippen molar-refractivity contribution in [3.8, 4) is 16.2 Å². The molecule has 88 valence electrons. The maximum Gasteiger partial charge on any atom is 0.133 e. The monoisotopic (exact) mass is 273 g/mol. The molecule has 0 N–H and O–H groups in total. The first-order valence-corrected chi connectivity index (χ1v) is 7.96. The minimum atomic E-state index is 0.946. The van der Waals surface area contributed by atoms with Gasteiger partial charge in [0.1, 0.15) is 16.2 Å². The van der Waals surface area contributed by atoms with E-state index in [9.17, 15) is 0 Å².